The molecule has 1 heterocycles. The number of nitrogens with one attached hydrogen (secondary N) is 1. The van der Waals surface area contributed by atoms with Crippen LogP contribution in [0.3, 0.4) is 0 Å². The normalized spacial score (nSPS) is 21.6. The first kappa shape index (κ1) is 15.4. The Kier molecular flexibility index (Phi) is 4.21. The highest BCUT2D eigenvalue weighted by Gasteiger charge is 2.48. The van der Waals surface area contributed by atoms with Gasteiger partial charge in [0.15, 0.2) is 0 Å². The lowest BCUT2D eigenvalue weighted by Gasteiger charge is -2.23. The number of carbonyl (C=O) groups excluding carboxylic acids is 2. The summed E-state index contributed by atoms with van der Waals surface area (Å²) in [4.78, 5) is 26.0. The van der Waals surface area contributed by atoms with Crippen molar-refractivity contribution in [1.29, 1.82) is 0 Å². The smallest absolute Gasteiger partial charge is 0.325 e. The van der Waals surface area contributed by atoms with Gasteiger partial charge in [0.05, 0.1) is 7.11 Å². The van der Waals surface area contributed by atoms with Crippen LogP contribution >= 0.6 is 0 Å². The van der Waals surface area contributed by atoms with Gasteiger partial charge < -0.3 is 10.1 Å². The number of urea groups is 1. The fraction of sp³-hybridized carbons (Fsp3) is 0.500. The van der Waals surface area contributed by atoms with Gasteiger partial charge in [-0.05, 0) is 43.5 Å². The van der Waals surface area contributed by atoms with Crippen LogP contribution in [0.5, 0.6) is 5.75 Å². The number of hydrogen-bond acceptors (Lipinski definition) is 3. The fourth-order valence-electron chi connectivity index (χ4n) is 2.60. The van der Waals surface area contributed by atoms with Crippen molar-refractivity contribution in [3.63, 3.8) is 0 Å². The summed E-state index contributed by atoms with van der Waals surface area (Å²) in [5, 5.41) is 2.82. The van der Waals surface area contributed by atoms with Crippen molar-refractivity contribution in [2.45, 2.75) is 39.2 Å². The van der Waals surface area contributed by atoms with Gasteiger partial charge in [0.1, 0.15) is 11.3 Å². The minimum Gasteiger partial charge on any atom is -0.496 e. The summed E-state index contributed by atoms with van der Waals surface area (Å²) in [6, 6.07) is 5.22. The van der Waals surface area contributed by atoms with E-state index >= 15 is 0 Å². The molecule has 3 amide bonds. The summed E-state index contributed by atoms with van der Waals surface area (Å²) in [6.07, 6.45) is 1.76. The molecular formula is C16H22N2O3. The summed E-state index contributed by atoms with van der Waals surface area (Å²) in [7, 11) is 1.61. The van der Waals surface area contributed by atoms with Crippen LogP contribution < -0.4 is 10.1 Å². The van der Waals surface area contributed by atoms with Crippen LogP contribution in [-0.4, -0.2) is 30.5 Å². The number of unbranched alkanes of at least 4 members (excludes halogenated alkanes) is 1. The molecule has 1 aliphatic heterocycles. The molecule has 0 aliphatic carbocycles. The number of aryl methyl sites for hydroxylation is 1. The molecule has 5 heteroatoms. The average molecular weight is 290 g/mol. The molecule has 21 heavy (non-hydrogen) atoms. The standard InChI is InChI=1S/C16H22N2O3/c1-5-6-9-18-14(19)16(3,17-15(18)20)12-7-8-13(21-4)11(2)10-12/h7-8,10H,5-6,9H2,1-4H3,(H,17,20). The number of amides is 3. The number of benzene rings is 1. The van der Waals surface area contributed by atoms with Crippen LogP contribution in [0.25, 0.3) is 0 Å². The number of nitrogens with zero attached hydrogens (tertiary/aromatic N) is 1. The van der Waals surface area contributed by atoms with Gasteiger partial charge in [-0.15, -0.1) is 0 Å². The second-order valence-electron chi connectivity index (χ2n) is 5.55. The molecule has 5 nitrogen and oxygen atoms in total. The highest BCUT2D eigenvalue weighted by atomic mass is 16.5. The van der Waals surface area contributed by atoms with E-state index in [0.29, 0.717) is 6.54 Å². The predicted molar refractivity (Wildman–Crippen MR) is 80.2 cm³/mol. The number of rotatable bonds is 5. The summed E-state index contributed by atoms with van der Waals surface area (Å²) < 4.78 is 5.24. The third-order valence-corrected chi connectivity index (χ3v) is 3.98. The van der Waals surface area contributed by atoms with Gasteiger partial charge in [0.25, 0.3) is 5.91 Å². The van der Waals surface area contributed by atoms with E-state index in [4.69, 9.17) is 4.74 Å². The molecule has 0 saturated carbocycles. The molecule has 1 aromatic carbocycles. The molecule has 0 radical (unpaired) electrons. The lowest BCUT2D eigenvalue weighted by atomic mass is 9.90. The Labute approximate surface area is 125 Å². The number of methoxy groups -OCH3 is 1. The molecule has 0 spiro atoms. The molecule has 1 aromatic rings. The molecule has 1 aliphatic rings. The topological polar surface area (TPSA) is 58.6 Å². The number of ether oxygens (including phenoxy) is 1. The van der Waals surface area contributed by atoms with Crippen molar-refractivity contribution < 1.29 is 14.3 Å². The number of imide groups is 1. The summed E-state index contributed by atoms with van der Waals surface area (Å²) in [5.41, 5.74) is 0.713. The predicted octanol–water partition coefficient (Wildman–Crippen LogP) is 2.57. The van der Waals surface area contributed by atoms with Crippen LogP contribution in [0.4, 0.5) is 4.79 Å². The molecule has 2 rings (SSSR count). The van der Waals surface area contributed by atoms with Gasteiger partial charge in [-0.1, -0.05) is 19.4 Å². The molecule has 0 aromatic heterocycles. The minimum absolute atomic E-state index is 0.189. The zero-order chi connectivity index (χ0) is 15.6. The first-order chi connectivity index (χ1) is 9.93. The van der Waals surface area contributed by atoms with E-state index in [9.17, 15) is 9.59 Å². The zero-order valence-corrected chi connectivity index (χ0v) is 13.0. The Morgan fingerprint density at radius 1 is 1.33 bits per heavy atom. The van der Waals surface area contributed by atoms with E-state index in [-0.39, 0.29) is 11.9 Å². The summed E-state index contributed by atoms with van der Waals surface area (Å²) in [5.74, 6) is 0.576. The van der Waals surface area contributed by atoms with Crippen LogP contribution in [-0.2, 0) is 10.3 Å². The third-order valence-electron chi connectivity index (χ3n) is 3.98. The number of carbonyl (C=O) groups is 2. The number of hydrogen-bond donors (Lipinski definition) is 1. The Morgan fingerprint density at radius 2 is 2.05 bits per heavy atom. The molecule has 114 valence electrons. The lowest BCUT2D eigenvalue weighted by Crippen LogP contribution is -2.41. The fourth-order valence-corrected chi connectivity index (χ4v) is 2.60. The largest absolute Gasteiger partial charge is 0.496 e. The maximum Gasteiger partial charge on any atom is 0.325 e. The van der Waals surface area contributed by atoms with Crippen LogP contribution in [0, 0.1) is 6.92 Å². The van der Waals surface area contributed by atoms with Gasteiger partial charge in [-0.25, -0.2) is 4.79 Å². The maximum absolute atomic E-state index is 12.6. The Hall–Kier alpha value is -2.04. The summed E-state index contributed by atoms with van der Waals surface area (Å²) in [6.45, 7) is 6.17. The van der Waals surface area contributed by atoms with Crippen LogP contribution in [0.15, 0.2) is 18.2 Å². The maximum atomic E-state index is 12.6. The van der Waals surface area contributed by atoms with Crippen molar-refractivity contribution in [3.05, 3.63) is 29.3 Å². The summed E-state index contributed by atoms with van der Waals surface area (Å²) >= 11 is 0. The monoisotopic (exact) mass is 290 g/mol. The van der Waals surface area contributed by atoms with Crippen molar-refractivity contribution in [2.24, 2.45) is 0 Å². The molecule has 1 atom stereocenters. The van der Waals surface area contributed by atoms with E-state index in [0.717, 1.165) is 29.7 Å². The Balaban J connectivity index is 2.32. The first-order valence-corrected chi connectivity index (χ1v) is 7.23. The quantitative estimate of drug-likeness (QED) is 0.848. The molecule has 1 N–H and O–H groups in total. The van der Waals surface area contributed by atoms with Crippen molar-refractivity contribution >= 4 is 11.9 Å². The van der Waals surface area contributed by atoms with Crippen molar-refractivity contribution in [3.8, 4) is 5.75 Å². The van der Waals surface area contributed by atoms with Crippen LogP contribution in [0.1, 0.15) is 37.8 Å². The van der Waals surface area contributed by atoms with Crippen molar-refractivity contribution in [1.82, 2.24) is 10.2 Å². The first-order valence-electron chi connectivity index (χ1n) is 7.23. The van der Waals surface area contributed by atoms with E-state index in [1.807, 2.05) is 32.0 Å². The van der Waals surface area contributed by atoms with Gasteiger partial charge in [-0.2, -0.15) is 0 Å². The second-order valence-corrected chi connectivity index (χ2v) is 5.55. The minimum atomic E-state index is -0.998. The molecule has 1 fully saturated rings. The lowest BCUT2D eigenvalue weighted by molar-refractivity contribution is -0.131. The van der Waals surface area contributed by atoms with Gasteiger partial charge in [-0.3, -0.25) is 9.69 Å². The molecule has 1 saturated heterocycles. The Bertz CT molecular complexity index is 571. The van der Waals surface area contributed by atoms with Gasteiger partial charge in [0, 0.05) is 6.54 Å². The highest BCUT2D eigenvalue weighted by molar-refractivity contribution is 6.07. The van der Waals surface area contributed by atoms with E-state index < -0.39 is 5.54 Å². The zero-order valence-electron chi connectivity index (χ0n) is 13.0. The highest BCUT2D eigenvalue weighted by Crippen LogP contribution is 2.31. The third kappa shape index (κ3) is 2.60. The van der Waals surface area contributed by atoms with E-state index in [2.05, 4.69) is 5.32 Å². The van der Waals surface area contributed by atoms with E-state index in [1.54, 1.807) is 14.0 Å². The molecular weight excluding hydrogens is 268 g/mol. The van der Waals surface area contributed by atoms with Crippen molar-refractivity contribution in [2.75, 3.05) is 13.7 Å². The SMILES string of the molecule is CCCCN1C(=O)NC(C)(c2ccc(OC)c(C)c2)C1=O. The average Bonchev–Trinajstić information content (AvgIpc) is 2.68. The second kappa shape index (κ2) is 5.76. The van der Waals surface area contributed by atoms with E-state index in [1.165, 1.54) is 4.90 Å². The van der Waals surface area contributed by atoms with Gasteiger partial charge in [0.2, 0.25) is 0 Å². The molecule has 1 unspecified atom stereocenters. The molecule has 0 bridgehead atoms. The van der Waals surface area contributed by atoms with Gasteiger partial charge >= 0.3 is 6.03 Å². The Morgan fingerprint density at radius 3 is 2.62 bits per heavy atom. The van der Waals surface area contributed by atoms with Crippen LogP contribution in [0.2, 0.25) is 0 Å².